The Kier molecular flexibility index (Phi) is 4.72. The number of para-hydroxylation sites is 1. The first-order valence-electron chi connectivity index (χ1n) is 5.94. The maximum absolute atomic E-state index is 11.8. The quantitative estimate of drug-likeness (QED) is 0.706. The molecule has 104 valence electrons. The van der Waals surface area contributed by atoms with Gasteiger partial charge in [0, 0.05) is 20.3 Å². The van der Waals surface area contributed by atoms with Crippen molar-refractivity contribution in [1.82, 2.24) is 15.3 Å². The number of carbonyl (C=O) groups is 1. The van der Waals surface area contributed by atoms with Crippen LogP contribution in [0.15, 0.2) is 30.5 Å². The second-order valence-electron chi connectivity index (χ2n) is 3.89. The summed E-state index contributed by atoms with van der Waals surface area (Å²) in [5, 5.41) is 8.67. The van der Waals surface area contributed by atoms with Crippen LogP contribution in [-0.2, 0) is 0 Å². The predicted octanol–water partition coefficient (Wildman–Crippen LogP) is 2.23. The Bertz CT molecular complexity index is 632. The van der Waals surface area contributed by atoms with E-state index in [1.165, 1.54) is 0 Å². The summed E-state index contributed by atoms with van der Waals surface area (Å²) in [6, 6.07) is 7.28. The number of anilines is 3. The minimum absolute atomic E-state index is 0.147. The molecule has 1 aromatic carbocycles. The summed E-state index contributed by atoms with van der Waals surface area (Å²) in [5.74, 6) is 1.03. The van der Waals surface area contributed by atoms with Crippen LogP contribution in [0.1, 0.15) is 10.4 Å². The predicted molar refractivity (Wildman–Crippen MR) is 87.4 cm³/mol. The third-order valence-corrected chi connectivity index (χ3v) is 3.41. The molecule has 0 aliphatic heterocycles. The van der Waals surface area contributed by atoms with E-state index >= 15 is 0 Å². The minimum atomic E-state index is -0.147. The number of hydrogen-bond acceptors (Lipinski definition) is 5. The smallest absolute Gasteiger partial charge is 0.253 e. The van der Waals surface area contributed by atoms with Gasteiger partial charge >= 0.3 is 0 Å². The summed E-state index contributed by atoms with van der Waals surface area (Å²) in [5.41, 5.74) is 1.26. The largest absolute Gasteiger partial charge is 0.357 e. The van der Waals surface area contributed by atoms with Crippen molar-refractivity contribution >= 4 is 46.0 Å². The lowest BCUT2D eigenvalue weighted by molar-refractivity contribution is 0.0964. The van der Waals surface area contributed by atoms with Crippen molar-refractivity contribution < 1.29 is 4.79 Å². The average molecular weight is 383 g/mol. The van der Waals surface area contributed by atoms with Gasteiger partial charge < -0.3 is 16.0 Å². The number of amides is 1. The average Bonchev–Trinajstić information content (AvgIpc) is 2.49. The highest BCUT2D eigenvalue weighted by atomic mass is 127. The number of rotatable bonds is 4. The number of nitrogens with one attached hydrogen (secondary N) is 3. The van der Waals surface area contributed by atoms with Crippen molar-refractivity contribution in [2.75, 3.05) is 24.7 Å². The molecule has 0 aliphatic carbocycles. The molecule has 0 spiro atoms. The van der Waals surface area contributed by atoms with Crippen LogP contribution in [-0.4, -0.2) is 30.0 Å². The van der Waals surface area contributed by atoms with Crippen LogP contribution in [0.2, 0.25) is 0 Å². The molecule has 1 heterocycles. The van der Waals surface area contributed by atoms with Crippen molar-refractivity contribution in [3.8, 4) is 0 Å². The molecule has 0 fully saturated rings. The van der Waals surface area contributed by atoms with Gasteiger partial charge in [-0.1, -0.05) is 12.1 Å². The second kappa shape index (κ2) is 6.51. The Morgan fingerprint density at radius 3 is 2.70 bits per heavy atom. The highest BCUT2D eigenvalue weighted by Crippen LogP contribution is 2.23. The van der Waals surface area contributed by atoms with E-state index in [1.807, 2.05) is 18.2 Å². The van der Waals surface area contributed by atoms with Gasteiger partial charge in [-0.2, -0.15) is 4.98 Å². The molecule has 3 N–H and O–H groups in total. The Morgan fingerprint density at radius 2 is 2.00 bits per heavy atom. The maximum Gasteiger partial charge on any atom is 0.253 e. The van der Waals surface area contributed by atoms with Gasteiger partial charge in [0.15, 0.2) is 0 Å². The zero-order valence-corrected chi connectivity index (χ0v) is 13.2. The monoisotopic (exact) mass is 383 g/mol. The van der Waals surface area contributed by atoms with Crippen molar-refractivity contribution in [2.45, 2.75) is 0 Å². The fraction of sp³-hybridized carbons (Fsp3) is 0.154. The molecule has 2 aromatic rings. The molecular weight excluding hydrogens is 369 g/mol. The van der Waals surface area contributed by atoms with Gasteiger partial charge in [0.2, 0.25) is 5.95 Å². The van der Waals surface area contributed by atoms with E-state index in [0.29, 0.717) is 23.0 Å². The first-order chi connectivity index (χ1) is 9.65. The lowest BCUT2D eigenvalue weighted by Crippen LogP contribution is -2.19. The summed E-state index contributed by atoms with van der Waals surface area (Å²) in [6.45, 7) is 0. The van der Waals surface area contributed by atoms with E-state index in [1.54, 1.807) is 26.4 Å². The molecule has 0 saturated carbocycles. The van der Waals surface area contributed by atoms with Gasteiger partial charge in [-0.05, 0) is 34.7 Å². The molecule has 7 heteroatoms. The zero-order valence-electron chi connectivity index (χ0n) is 11.1. The molecular formula is C13H14IN5O. The van der Waals surface area contributed by atoms with Crippen LogP contribution in [0.3, 0.4) is 0 Å². The van der Waals surface area contributed by atoms with Crippen molar-refractivity contribution in [2.24, 2.45) is 0 Å². The summed E-state index contributed by atoms with van der Waals surface area (Å²) in [7, 11) is 3.36. The Labute approximate surface area is 130 Å². The van der Waals surface area contributed by atoms with E-state index in [4.69, 9.17) is 0 Å². The van der Waals surface area contributed by atoms with Gasteiger partial charge in [0.1, 0.15) is 5.82 Å². The molecule has 0 radical (unpaired) electrons. The minimum Gasteiger partial charge on any atom is -0.357 e. The summed E-state index contributed by atoms with van der Waals surface area (Å²) < 4.78 is 0.869. The van der Waals surface area contributed by atoms with E-state index in [0.717, 1.165) is 3.57 Å². The van der Waals surface area contributed by atoms with Gasteiger partial charge in [-0.15, -0.1) is 0 Å². The van der Waals surface area contributed by atoms with Crippen LogP contribution in [0.25, 0.3) is 0 Å². The molecule has 0 saturated heterocycles. The maximum atomic E-state index is 11.8. The topological polar surface area (TPSA) is 78.9 Å². The second-order valence-corrected chi connectivity index (χ2v) is 5.05. The lowest BCUT2D eigenvalue weighted by Gasteiger charge is -2.12. The van der Waals surface area contributed by atoms with E-state index in [-0.39, 0.29) is 5.91 Å². The number of carbonyl (C=O) groups excluding carboxylic acids is 1. The zero-order chi connectivity index (χ0) is 14.5. The Balaban J connectivity index is 2.37. The van der Waals surface area contributed by atoms with E-state index in [9.17, 15) is 4.79 Å². The summed E-state index contributed by atoms with van der Waals surface area (Å²) >= 11 is 2.14. The molecule has 0 unspecified atom stereocenters. The van der Waals surface area contributed by atoms with Crippen LogP contribution >= 0.6 is 22.6 Å². The SMILES string of the molecule is CNC(=O)c1ccccc1Nc1nc(NC)ncc1I. The first-order valence-corrected chi connectivity index (χ1v) is 7.02. The first kappa shape index (κ1) is 14.5. The molecule has 1 aromatic heterocycles. The van der Waals surface area contributed by atoms with Gasteiger partial charge in [-0.25, -0.2) is 4.98 Å². The fourth-order valence-electron chi connectivity index (χ4n) is 1.63. The molecule has 0 bridgehead atoms. The van der Waals surface area contributed by atoms with E-state index in [2.05, 4.69) is 48.5 Å². The number of aromatic nitrogens is 2. The molecule has 1 amide bonds. The van der Waals surface area contributed by atoms with Crippen molar-refractivity contribution in [3.05, 3.63) is 39.6 Å². The number of halogens is 1. The van der Waals surface area contributed by atoms with Crippen molar-refractivity contribution in [1.29, 1.82) is 0 Å². The third-order valence-electron chi connectivity index (χ3n) is 2.62. The number of nitrogens with zero attached hydrogens (tertiary/aromatic N) is 2. The van der Waals surface area contributed by atoms with E-state index < -0.39 is 0 Å². The highest BCUT2D eigenvalue weighted by Gasteiger charge is 2.11. The van der Waals surface area contributed by atoms with Crippen LogP contribution in [0.4, 0.5) is 17.5 Å². The lowest BCUT2D eigenvalue weighted by atomic mass is 10.1. The molecule has 0 atom stereocenters. The van der Waals surface area contributed by atoms with Crippen LogP contribution in [0, 0.1) is 3.57 Å². The van der Waals surface area contributed by atoms with Crippen LogP contribution < -0.4 is 16.0 Å². The third kappa shape index (κ3) is 3.16. The highest BCUT2D eigenvalue weighted by molar-refractivity contribution is 14.1. The normalized spacial score (nSPS) is 9.95. The van der Waals surface area contributed by atoms with Crippen molar-refractivity contribution in [3.63, 3.8) is 0 Å². The molecule has 20 heavy (non-hydrogen) atoms. The van der Waals surface area contributed by atoms with Gasteiger partial charge in [0.25, 0.3) is 5.91 Å². The molecule has 0 aliphatic rings. The number of hydrogen-bond donors (Lipinski definition) is 3. The standard InChI is InChI=1S/C13H14IN5O/c1-15-12(20)8-5-3-4-6-10(8)18-11-9(14)7-17-13(16-2)19-11/h3-7H,1-2H3,(H,15,20)(H2,16,17,18,19). The summed E-state index contributed by atoms with van der Waals surface area (Å²) in [4.78, 5) is 20.3. The Hall–Kier alpha value is -1.90. The van der Waals surface area contributed by atoms with Gasteiger partial charge in [-0.3, -0.25) is 4.79 Å². The number of benzene rings is 1. The molecule has 6 nitrogen and oxygen atoms in total. The summed E-state index contributed by atoms with van der Waals surface area (Å²) in [6.07, 6.45) is 1.71. The van der Waals surface area contributed by atoms with Crippen LogP contribution in [0.5, 0.6) is 0 Å². The fourth-order valence-corrected chi connectivity index (χ4v) is 2.02. The molecule has 2 rings (SSSR count). The van der Waals surface area contributed by atoms with Gasteiger partial charge in [0.05, 0.1) is 14.8 Å². The Morgan fingerprint density at radius 1 is 1.25 bits per heavy atom.